The summed E-state index contributed by atoms with van der Waals surface area (Å²) in [7, 11) is 0. The quantitative estimate of drug-likeness (QED) is 0.480. The van der Waals surface area contributed by atoms with Crippen molar-refractivity contribution >= 4 is 50.5 Å². The maximum absolute atomic E-state index is 12.3. The van der Waals surface area contributed by atoms with Crippen LogP contribution in [0.5, 0.6) is 0 Å². The van der Waals surface area contributed by atoms with Crippen molar-refractivity contribution in [1.82, 2.24) is 5.32 Å². The summed E-state index contributed by atoms with van der Waals surface area (Å²) >= 11 is 4.74. The Hall–Kier alpha value is -2.57. The third kappa shape index (κ3) is 3.98. The molecule has 1 amide bonds. The average molecular weight is 453 g/mol. The van der Waals surface area contributed by atoms with Crippen molar-refractivity contribution in [3.05, 3.63) is 80.9 Å². The molecule has 0 spiro atoms. The van der Waals surface area contributed by atoms with Gasteiger partial charge in [-0.1, -0.05) is 40.2 Å². The van der Waals surface area contributed by atoms with E-state index in [1.165, 1.54) is 17.3 Å². The van der Waals surface area contributed by atoms with Crippen LogP contribution in [0.2, 0.25) is 0 Å². The first kappa shape index (κ1) is 18.8. The van der Waals surface area contributed by atoms with Crippen LogP contribution in [0.1, 0.15) is 16.9 Å². The highest BCUT2D eigenvalue weighted by atomic mass is 79.9. The number of thioether (sulfide) groups is 1. The van der Waals surface area contributed by atoms with Gasteiger partial charge in [-0.15, -0.1) is 0 Å². The highest BCUT2D eigenvalue weighted by molar-refractivity contribution is 9.10. The molecule has 0 atom stereocenters. The number of amides is 1. The molecule has 0 saturated carbocycles. The number of nitrogens with one attached hydrogen (secondary N) is 1. The molecule has 6 heteroatoms. The molecular weight excluding hydrogens is 436 g/mol. The minimum absolute atomic E-state index is 0.171. The fourth-order valence-electron chi connectivity index (χ4n) is 2.78. The molecule has 0 aliphatic carbocycles. The first-order valence-corrected chi connectivity index (χ1v) is 10.3. The zero-order valence-electron chi connectivity index (χ0n) is 15.3. The molecule has 4 rings (SSSR count). The monoisotopic (exact) mass is 452 g/mol. The molecule has 2 heterocycles. The number of rotatable bonds is 3. The van der Waals surface area contributed by atoms with E-state index in [-0.39, 0.29) is 5.91 Å². The fraction of sp³-hybridized carbons (Fsp3) is 0.0909. The van der Waals surface area contributed by atoms with Crippen LogP contribution in [0.3, 0.4) is 0 Å². The third-order valence-electron chi connectivity index (χ3n) is 4.48. The summed E-state index contributed by atoms with van der Waals surface area (Å²) < 4.78 is 6.90. The van der Waals surface area contributed by atoms with Crippen molar-refractivity contribution in [1.29, 1.82) is 0 Å². The van der Waals surface area contributed by atoms with Crippen LogP contribution in [0.15, 0.2) is 73.4 Å². The summed E-state index contributed by atoms with van der Waals surface area (Å²) in [6.45, 7) is 4.07. The van der Waals surface area contributed by atoms with Crippen molar-refractivity contribution in [2.45, 2.75) is 13.8 Å². The van der Waals surface area contributed by atoms with Gasteiger partial charge in [0.05, 0.1) is 10.6 Å². The number of aryl methyl sites for hydroxylation is 1. The highest BCUT2D eigenvalue weighted by Gasteiger charge is 2.24. The van der Waals surface area contributed by atoms with Crippen LogP contribution in [-0.4, -0.2) is 11.1 Å². The van der Waals surface area contributed by atoms with Crippen molar-refractivity contribution in [3.8, 4) is 11.3 Å². The standard InChI is InChI=1S/C22H17BrN2O2S/c1-13-4-3-5-18(14(13)2)24-22-25-21(26)20(28-22)12-17-10-11-19(27-17)15-6-8-16(23)9-7-15/h3-12H,1-2H3,(H,24,25,26)/b20-12+. The number of carbonyl (C=O) groups is 1. The number of furan rings is 1. The smallest absolute Gasteiger partial charge is 0.264 e. The van der Waals surface area contributed by atoms with E-state index in [4.69, 9.17) is 4.42 Å². The summed E-state index contributed by atoms with van der Waals surface area (Å²) in [5.41, 5.74) is 4.11. The van der Waals surface area contributed by atoms with Gasteiger partial charge in [-0.3, -0.25) is 4.79 Å². The maximum atomic E-state index is 12.3. The molecule has 1 aromatic heterocycles. The van der Waals surface area contributed by atoms with E-state index >= 15 is 0 Å². The third-order valence-corrected chi connectivity index (χ3v) is 5.92. The topological polar surface area (TPSA) is 54.6 Å². The molecule has 0 bridgehead atoms. The van der Waals surface area contributed by atoms with E-state index < -0.39 is 0 Å². The minimum Gasteiger partial charge on any atom is -0.457 e. The maximum Gasteiger partial charge on any atom is 0.264 e. The number of halogens is 1. The van der Waals surface area contributed by atoms with Gasteiger partial charge in [0.15, 0.2) is 5.17 Å². The number of hydrogen-bond acceptors (Lipinski definition) is 4. The Balaban J connectivity index is 1.56. The van der Waals surface area contributed by atoms with E-state index in [1.807, 2.05) is 68.4 Å². The molecule has 1 saturated heterocycles. The first-order valence-electron chi connectivity index (χ1n) is 8.71. The lowest BCUT2D eigenvalue weighted by molar-refractivity contribution is -0.115. The second kappa shape index (κ2) is 7.81. The average Bonchev–Trinajstić information content (AvgIpc) is 3.27. The predicted octanol–water partition coefficient (Wildman–Crippen LogP) is 6.22. The van der Waals surface area contributed by atoms with E-state index in [1.54, 1.807) is 6.08 Å². The largest absolute Gasteiger partial charge is 0.457 e. The number of benzene rings is 2. The number of amidine groups is 1. The van der Waals surface area contributed by atoms with Crippen LogP contribution in [0.25, 0.3) is 17.4 Å². The number of aliphatic imine (C=N–C) groups is 1. The molecular formula is C22H17BrN2O2S. The van der Waals surface area contributed by atoms with Crippen molar-refractivity contribution < 1.29 is 9.21 Å². The lowest BCUT2D eigenvalue weighted by Gasteiger charge is -2.04. The molecule has 3 aromatic rings. The first-order chi connectivity index (χ1) is 13.5. The second-order valence-electron chi connectivity index (χ2n) is 6.41. The van der Waals surface area contributed by atoms with Crippen molar-refractivity contribution in [3.63, 3.8) is 0 Å². The van der Waals surface area contributed by atoms with Gasteiger partial charge in [-0.25, -0.2) is 4.99 Å². The summed E-state index contributed by atoms with van der Waals surface area (Å²) in [6, 6.07) is 17.6. The number of hydrogen-bond donors (Lipinski definition) is 1. The van der Waals surface area contributed by atoms with Gasteiger partial charge in [0.1, 0.15) is 11.5 Å². The molecule has 0 unspecified atom stereocenters. The van der Waals surface area contributed by atoms with E-state index in [0.717, 1.165) is 27.0 Å². The molecule has 4 nitrogen and oxygen atoms in total. The van der Waals surface area contributed by atoms with Crippen LogP contribution >= 0.6 is 27.7 Å². The molecule has 2 aromatic carbocycles. The van der Waals surface area contributed by atoms with Crippen LogP contribution in [0.4, 0.5) is 5.69 Å². The van der Waals surface area contributed by atoms with Crippen LogP contribution in [-0.2, 0) is 4.79 Å². The summed E-state index contributed by atoms with van der Waals surface area (Å²) in [5.74, 6) is 1.21. The molecule has 28 heavy (non-hydrogen) atoms. The van der Waals surface area contributed by atoms with Gasteiger partial charge < -0.3 is 9.73 Å². The Bertz CT molecular complexity index is 1110. The molecule has 1 N–H and O–H groups in total. The number of nitrogens with zero attached hydrogens (tertiary/aromatic N) is 1. The highest BCUT2D eigenvalue weighted by Crippen LogP contribution is 2.31. The van der Waals surface area contributed by atoms with Gasteiger partial charge in [-0.05, 0) is 67.1 Å². The van der Waals surface area contributed by atoms with Crippen LogP contribution in [0, 0.1) is 13.8 Å². The van der Waals surface area contributed by atoms with Gasteiger partial charge in [0, 0.05) is 16.1 Å². The summed E-state index contributed by atoms with van der Waals surface area (Å²) in [4.78, 5) is 17.5. The van der Waals surface area contributed by atoms with E-state index in [2.05, 4.69) is 26.2 Å². The van der Waals surface area contributed by atoms with E-state index in [9.17, 15) is 4.79 Å². The predicted molar refractivity (Wildman–Crippen MR) is 119 cm³/mol. The van der Waals surface area contributed by atoms with Crippen molar-refractivity contribution in [2.24, 2.45) is 4.99 Å². The Morgan fingerprint density at radius 3 is 2.64 bits per heavy atom. The zero-order chi connectivity index (χ0) is 19.7. The van der Waals surface area contributed by atoms with Gasteiger partial charge in [0.2, 0.25) is 0 Å². The summed E-state index contributed by atoms with van der Waals surface area (Å²) in [6.07, 6.45) is 1.74. The SMILES string of the molecule is Cc1cccc(N=C2NC(=O)/C(=C\c3ccc(-c4ccc(Br)cc4)o3)S2)c1C. The fourth-order valence-corrected chi connectivity index (χ4v) is 3.85. The normalized spacial score (nSPS) is 16.8. The van der Waals surface area contributed by atoms with Gasteiger partial charge in [0.25, 0.3) is 5.91 Å². The minimum atomic E-state index is -0.171. The van der Waals surface area contributed by atoms with Crippen molar-refractivity contribution in [2.75, 3.05) is 0 Å². The Kier molecular flexibility index (Phi) is 5.24. The Labute approximate surface area is 175 Å². The second-order valence-corrected chi connectivity index (χ2v) is 8.36. The van der Waals surface area contributed by atoms with Gasteiger partial charge in [-0.2, -0.15) is 0 Å². The molecule has 1 aliphatic heterocycles. The summed E-state index contributed by atoms with van der Waals surface area (Å²) in [5, 5.41) is 3.40. The molecule has 1 fully saturated rings. The number of carbonyl (C=O) groups excluding carboxylic acids is 1. The molecule has 1 aliphatic rings. The Morgan fingerprint density at radius 2 is 1.86 bits per heavy atom. The molecule has 0 radical (unpaired) electrons. The van der Waals surface area contributed by atoms with E-state index in [0.29, 0.717) is 15.8 Å². The zero-order valence-corrected chi connectivity index (χ0v) is 17.7. The Morgan fingerprint density at radius 1 is 1.07 bits per heavy atom. The lowest BCUT2D eigenvalue weighted by Crippen LogP contribution is -2.19. The van der Waals surface area contributed by atoms with Gasteiger partial charge >= 0.3 is 0 Å². The molecule has 140 valence electrons. The lowest BCUT2D eigenvalue weighted by atomic mass is 10.1. The van der Waals surface area contributed by atoms with Crippen LogP contribution < -0.4 is 5.32 Å².